The lowest BCUT2D eigenvalue weighted by molar-refractivity contribution is -0.137. The lowest BCUT2D eigenvalue weighted by Crippen LogP contribution is -2.34. The van der Waals surface area contributed by atoms with Crippen molar-refractivity contribution in [3.05, 3.63) is 35.4 Å². The summed E-state index contributed by atoms with van der Waals surface area (Å²) in [5.41, 5.74) is 0.175. The molecule has 0 spiro atoms. The average Bonchev–Trinajstić information content (AvgIpc) is 2.41. The van der Waals surface area contributed by atoms with Crippen molar-refractivity contribution < 1.29 is 13.2 Å². The van der Waals surface area contributed by atoms with Crippen LogP contribution in [0.5, 0.6) is 0 Å². The molecular formula is C16H24F3NS. The van der Waals surface area contributed by atoms with Crippen molar-refractivity contribution in [2.75, 3.05) is 12.3 Å². The number of hydrogen-bond donors (Lipinski definition) is 1. The van der Waals surface area contributed by atoms with Gasteiger partial charge in [-0.05, 0) is 36.3 Å². The van der Waals surface area contributed by atoms with Crippen LogP contribution in [0.4, 0.5) is 13.2 Å². The Morgan fingerprint density at radius 1 is 1.24 bits per heavy atom. The Kier molecular flexibility index (Phi) is 7.60. The van der Waals surface area contributed by atoms with Crippen LogP contribution in [0, 0.1) is 0 Å². The number of hydrogen-bond acceptors (Lipinski definition) is 2. The summed E-state index contributed by atoms with van der Waals surface area (Å²) in [5.74, 6) is 0.911. The van der Waals surface area contributed by atoms with Gasteiger partial charge >= 0.3 is 6.18 Å². The van der Waals surface area contributed by atoms with Crippen molar-refractivity contribution >= 4 is 11.8 Å². The molecule has 1 N–H and O–H groups in total. The standard InChI is InChI=1S/C16H24F3NS/c1-4-8-20-15(11-21-12(2)3)10-13-6-5-7-14(9-13)16(17,18)19/h5-7,9,12,15,20H,4,8,10-11H2,1-3H3. The van der Waals surface area contributed by atoms with Crippen LogP contribution in [0.2, 0.25) is 0 Å². The molecule has 1 unspecified atom stereocenters. The van der Waals surface area contributed by atoms with E-state index in [4.69, 9.17) is 0 Å². The first kappa shape index (κ1) is 18.4. The summed E-state index contributed by atoms with van der Waals surface area (Å²) in [6.45, 7) is 7.24. The van der Waals surface area contributed by atoms with Crippen molar-refractivity contribution in [2.24, 2.45) is 0 Å². The van der Waals surface area contributed by atoms with Crippen molar-refractivity contribution in [2.45, 2.75) is 51.1 Å². The first-order valence-corrected chi connectivity index (χ1v) is 8.39. The molecule has 1 atom stereocenters. The largest absolute Gasteiger partial charge is 0.416 e. The summed E-state index contributed by atoms with van der Waals surface area (Å²) in [7, 11) is 0. The van der Waals surface area contributed by atoms with E-state index in [1.54, 1.807) is 6.07 Å². The molecule has 0 radical (unpaired) electrons. The van der Waals surface area contributed by atoms with Crippen LogP contribution in [-0.4, -0.2) is 23.6 Å². The van der Waals surface area contributed by atoms with Gasteiger partial charge in [0.1, 0.15) is 0 Å². The Morgan fingerprint density at radius 2 is 1.95 bits per heavy atom. The minimum absolute atomic E-state index is 0.209. The quantitative estimate of drug-likeness (QED) is 0.741. The van der Waals surface area contributed by atoms with E-state index in [0.29, 0.717) is 11.7 Å². The molecular weight excluding hydrogens is 295 g/mol. The molecule has 0 fully saturated rings. The number of rotatable bonds is 8. The molecule has 0 aliphatic carbocycles. The van der Waals surface area contributed by atoms with Gasteiger partial charge in [-0.2, -0.15) is 24.9 Å². The van der Waals surface area contributed by atoms with Crippen molar-refractivity contribution in [1.82, 2.24) is 5.32 Å². The number of nitrogens with one attached hydrogen (secondary N) is 1. The van der Waals surface area contributed by atoms with E-state index < -0.39 is 11.7 Å². The molecule has 21 heavy (non-hydrogen) atoms. The predicted molar refractivity (Wildman–Crippen MR) is 84.8 cm³/mol. The van der Waals surface area contributed by atoms with Gasteiger partial charge in [0.05, 0.1) is 5.56 Å². The Hall–Kier alpha value is -0.680. The van der Waals surface area contributed by atoms with Crippen molar-refractivity contribution in [1.29, 1.82) is 0 Å². The van der Waals surface area contributed by atoms with Gasteiger partial charge < -0.3 is 5.32 Å². The Morgan fingerprint density at radius 3 is 2.52 bits per heavy atom. The third-order valence-electron chi connectivity index (χ3n) is 3.05. The normalized spacial score (nSPS) is 13.7. The summed E-state index contributed by atoms with van der Waals surface area (Å²) in [6.07, 6.45) is -2.62. The SMILES string of the molecule is CCCNC(CSC(C)C)Cc1cccc(C(F)(F)F)c1. The van der Waals surface area contributed by atoms with E-state index in [-0.39, 0.29) is 6.04 Å². The van der Waals surface area contributed by atoms with Gasteiger partial charge in [-0.1, -0.05) is 39.0 Å². The maximum Gasteiger partial charge on any atom is 0.416 e. The first-order chi connectivity index (χ1) is 9.82. The molecule has 0 heterocycles. The van der Waals surface area contributed by atoms with Crippen LogP contribution in [0.1, 0.15) is 38.3 Å². The number of benzene rings is 1. The van der Waals surface area contributed by atoms with Gasteiger partial charge in [-0.3, -0.25) is 0 Å². The van der Waals surface area contributed by atoms with E-state index in [9.17, 15) is 13.2 Å². The highest BCUT2D eigenvalue weighted by atomic mass is 32.2. The summed E-state index contributed by atoms with van der Waals surface area (Å²) >= 11 is 1.83. The lowest BCUT2D eigenvalue weighted by Gasteiger charge is -2.20. The minimum atomic E-state index is -4.27. The highest BCUT2D eigenvalue weighted by molar-refractivity contribution is 7.99. The fourth-order valence-corrected chi connectivity index (χ4v) is 2.86. The molecule has 1 aromatic carbocycles. The Bertz CT molecular complexity index is 418. The summed E-state index contributed by atoms with van der Waals surface area (Å²) in [5, 5.41) is 3.95. The Balaban J connectivity index is 2.72. The van der Waals surface area contributed by atoms with E-state index >= 15 is 0 Å². The molecule has 1 rings (SSSR count). The predicted octanol–water partition coefficient (Wildman–Crippen LogP) is 4.76. The second-order valence-corrected chi connectivity index (χ2v) is 7.04. The van der Waals surface area contributed by atoms with Crippen molar-refractivity contribution in [3.8, 4) is 0 Å². The molecule has 0 saturated heterocycles. The third-order valence-corrected chi connectivity index (χ3v) is 4.31. The zero-order valence-corrected chi connectivity index (χ0v) is 13.7. The smallest absolute Gasteiger partial charge is 0.313 e. The first-order valence-electron chi connectivity index (χ1n) is 7.34. The fourth-order valence-electron chi connectivity index (χ4n) is 2.01. The minimum Gasteiger partial charge on any atom is -0.313 e. The van der Waals surface area contributed by atoms with Crippen LogP contribution in [0.25, 0.3) is 0 Å². The van der Waals surface area contributed by atoms with Gasteiger partial charge in [-0.15, -0.1) is 0 Å². The molecule has 0 saturated carbocycles. The molecule has 5 heteroatoms. The molecule has 0 aromatic heterocycles. The van der Waals surface area contributed by atoms with Gasteiger partial charge in [0.25, 0.3) is 0 Å². The van der Waals surface area contributed by atoms with Gasteiger partial charge in [-0.25, -0.2) is 0 Å². The van der Waals surface area contributed by atoms with Crippen LogP contribution < -0.4 is 5.32 Å². The van der Waals surface area contributed by atoms with E-state index in [2.05, 4.69) is 26.1 Å². The lowest BCUT2D eigenvalue weighted by atomic mass is 10.0. The maximum absolute atomic E-state index is 12.7. The van der Waals surface area contributed by atoms with Gasteiger partial charge in [0.15, 0.2) is 0 Å². The van der Waals surface area contributed by atoms with Crippen LogP contribution in [0.3, 0.4) is 0 Å². The summed E-state index contributed by atoms with van der Waals surface area (Å²) in [4.78, 5) is 0. The Labute approximate surface area is 129 Å². The number of alkyl halides is 3. The van der Waals surface area contributed by atoms with E-state index in [0.717, 1.165) is 30.3 Å². The number of thioether (sulfide) groups is 1. The monoisotopic (exact) mass is 319 g/mol. The summed E-state index contributed by atoms with van der Waals surface area (Å²) in [6, 6.07) is 5.86. The van der Waals surface area contributed by atoms with Gasteiger partial charge in [0, 0.05) is 11.8 Å². The van der Waals surface area contributed by atoms with E-state index in [1.165, 1.54) is 12.1 Å². The maximum atomic E-state index is 12.7. The molecule has 1 nitrogen and oxygen atoms in total. The summed E-state index contributed by atoms with van der Waals surface area (Å²) < 4.78 is 38.2. The average molecular weight is 319 g/mol. The molecule has 0 aliphatic heterocycles. The second-order valence-electron chi connectivity index (χ2n) is 5.44. The molecule has 0 aliphatic rings. The molecule has 120 valence electrons. The van der Waals surface area contributed by atoms with Crippen LogP contribution in [0.15, 0.2) is 24.3 Å². The zero-order valence-electron chi connectivity index (χ0n) is 12.8. The van der Waals surface area contributed by atoms with Crippen LogP contribution >= 0.6 is 11.8 Å². The highest BCUT2D eigenvalue weighted by Gasteiger charge is 2.30. The second kappa shape index (κ2) is 8.69. The zero-order chi connectivity index (χ0) is 15.9. The molecule has 0 amide bonds. The molecule has 1 aromatic rings. The van der Waals surface area contributed by atoms with Crippen LogP contribution in [-0.2, 0) is 12.6 Å². The van der Waals surface area contributed by atoms with Gasteiger partial charge in [0.2, 0.25) is 0 Å². The molecule has 0 bridgehead atoms. The van der Waals surface area contributed by atoms with Crippen molar-refractivity contribution in [3.63, 3.8) is 0 Å². The highest BCUT2D eigenvalue weighted by Crippen LogP contribution is 2.29. The third kappa shape index (κ3) is 7.23. The number of halogens is 3. The fraction of sp³-hybridized carbons (Fsp3) is 0.625. The van der Waals surface area contributed by atoms with E-state index in [1.807, 2.05) is 11.8 Å². The topological polar surface area (TPSA) is 12.0 Å².